The first-order chi connectivity index (χ1) is 13.6. The summed E-state index contributed by atoms with van der Waals surface area (Å²) in [5.41, 5.74) is 1.82. The predicted octanol–water partition coefficient (Wildman–Crippen LogP) is 4.41. The standard InChI is InChI=1S/C22H33N3O2S/c1-5-15-27-19-11-9-18(10-12-19)22-24-17(4)21(28-22)20(26)16-23-13-8-14-25(6-2)7-3/h9-12,23H,5-8,13-16H2,1-4H3. The molecule has 0 saturated carbocycles. The Hall–Kier alpha value is -1.76. The Bertz CT molecular complexity index is 724. The molecule has 0 bridgehead atoms. The lowest BCUT2D eigenvalue weighted by molar-refractivity contribution is 0.0994. The lowest BCUT2D eigenvalue weighted by atomic mass is 10.2. The number of Topliss-reactive ketones (excluding diaryl/α,β-unsaturated/α-hetero) is 1. The molecule has 0 aliphatic heterocycles. The number of benzene rings is 1. The van der Waals surface area contributed by atoms with Crippen molar-refractivity contribution in [2.75, 3.05) is 39.3 Å². The van der Waals surface area contributed by atoms with E-state index in [4.69, 9.17) is 4.74 Å². The van der Waals surface area contributed by atoms with Crippen molar-refractivity contribution in [3.8, 4) is 16.3 Å². The number of nitrogens with one attached hydrogen (secondary N) is 1. The minimum atomic E-state index is 0.118. The quantitative estimate of drug-likeness (QED) is 0.396. The van der Waals surface area contributed by atoms with Crippen molar-refractivity contribution in [2.45, 2.75) is 40.5 Å². The average Bonchev–Trinajstić information content (AvgIpc) is 3.11. The van der Waals surface area contributed by atoms with E-state index in [1.807, 2.05) is 31.2 Å². The fourth-order valence-corrected chi connectivity index (χ4v) is 3.95. The van der Waals surface area contributed by atoms with Crippen LogP contribution in [0, 0.1) is 6.92 Å². The van der Waals surface area contributed by atoms with Gasteiger partial charge in [0.05, 0.1) is 23.7 Å². The van der Waals surface area contributed by atoms with Gasteiger partial charge in [-0.25, -0.2) is 4.98 Å². The van der Waals surface area contributed by atoms with Crippen molar-refractivity contribution in [3.05, 3.63) is 34.8 Å². The Morgan fingerprint density at radius 3 is 2.54 bits per heavy atom. The van der Waals surface area contributed by atoms with Gasteiger partial charge in [-0.2, -0.15) is 0 Å². The molecule has 0 atom stereocenters. The van der Waals surface area contributed by atoms with Gasteiger partial charge in [0.1, 0.15) is 10.8 Å². The number of carbonyl (C=O) groups is 1. The number of thiazole rings is 1. The number of hydrogen-bond acceptors (Lipinski definition) is 6. The Balaban J connectivity index is 1.87. The second-order valence-corrected chi connectivity index (χ2v) is 7.79. The van der Waals surface area contributed by atoms with Gasteiger partial charge in [-0.15, -0.1) is 11.3 Å². The van der Waals surface area contributed by atoms with E-state index in [-0.39, 0.29) is 5.78 Å². The van der Waals surface area contributed by atoms with Crippen molar-refractivity contribution in [1.82, 2.24) is 15.2 Å². The summed E-state index contributed by atoms with van der Waals surface area (Å²) in [7, 11) is 0. The van der Waals surface area contributed by atoms with Crippen LogP contribution < -0.4 is 10.1 Å². The minimum absolute atomic E-state index is 0.118. The van der Waals surface area contributed by atoms with E-state index >= 15 is 0 Å². The molecule has 154 valence electrons. The molecule has 28 heavy (non-hydrogen) atoms. The van der Waals surface area contributed by atoms with Crippen LogP contribution in [0.3, 0.4) is 0 Å². The molecule has 0 saturated heterocycles. The van der Waals surface area contributed by atoms with Gasteiger partial charge in [0.25, 0.3) is 0 Å². The molecule has 0 amide bonds. The molecule has 0 unspecified atom stereocenters. The zero-order valence-electron chi connectivity index (χ0n) is 17.6. The highest BCUT2D eigenvalue weighted by Crippen LogP contribution is 2.29. The summed E-state index contributed by atoms with van der Waals surface area (Å²) in [6, 6.07) is 7.92. The number of ketones is 1. The maximum Gasteiger partial charge on any atom is 0.188 e. The molecule has 2 aromatic rings. The first-order valence-electron chi connectivity index (χ1n) is 10.3. The fourth-order valence-electron chi connectivity index (χ4n) is 2.94. The van der Waals surface area contributed by atoms with E-state index in [2.05, 4.69) is 36.0 Å². The van der Waals surface area contributed by atoms with Gasteiger partial charge in [0.15, 0.2) is 5.78 Å². The zero-order valence-corrected chi connectivity index (χ0v) is 18.4. The molecule has 6 heteroatoms. The first-order valence-corrected chi connectivity index (χ1v) is 11.1. The molecule has 0 aliphatic rings. The monoisotopic (exact) mass is 403 g/mol. The number of aromatic nitrogens is 1. The van der Waals surface area contributed by atoms with Gasteiger partial charge in [0, 0.05) is 5.56 Å². The van der Waals surface area contributed by atoms with Crippen LogP contribution in [-0.4, -0.2) is 55.0 Å². The third-order valence-electron chi connectivity index (χ3n) is 4.63. The van der Waals surface area contributed by atoms with Crippen molar-refractivity contribution in [3.63, 3.8) is 0 Å². The number of hydrogen-bond donors (Lipinski definition) is 1. The minimum Gasteiger partial charge on any atom is -0.494 e. The summed E-state index contributed by atoms with van der Waals surface area (Å²) in [6.45, 7) is 13.5. The van der Waals surface area contributed by atoms with Gasteiger partial charge in [-0.3, -0.25) is 4.79 Å². The van der Waals surface area contributed by atoms with Crippen LogP contribution in [0.1, 0.15) is 49.0 Å². The van der Waals surface area contributed by atoms with Crippen molar-refractivity contribution in [1.29, 1.82) is 0 Å². The van der Waals surface area contributed by atoms with Crippen molar-refractivity contribution < 1.29 is 9.53 Å². The van der Waals surface area contributed by atoms with Crippen LogP contribution in [0.4, 0.5) is 0 Å². The number of aryl methyl sites for hydroxylation is 1. The third kappa shape index (κ3) is 6.69. The maximum absolute atomic E-state index is 12.6. The van der Waals surface area contributed by atoms with Crippen LogP contribution in [0.15, 0.2) is 24.3 Å². The van der Waals surface area contributed by atoms with Crippen LogP contribution >= 0.6 is 11.3 Å². The SMILES string of the molecule is CCCOc1ccc(-c2nc(C)c(C(=O)CNCCCN(CC)CC)s2)cc1. The summed E-state index contributed by atoms with van der Waals surface area (Å²) in [6.07, 6.45) is 2.04. The molecular weight excluding hydrogens is 370 g/mol. The molecule has 5 nitrogen and oxygen atoms in total. The lowest BCUT2D eigenvalue weighted by Gasteiger charge is -2.17. The smallest absolute Gasteiger partial charge is 0.188 e. The highest BCUT2D eigenvalue weighted by Gasteiger charge is 2.16. The normalized spacial score (nSPS) is 11.2. The Morgan fingerprint density at radius 1 is 1.18 bits per heavy atom. The average molecular weight is 404 g/mol. The van der Waals surface area contributed by atoms with Gasteiger partial charge in [-0.05, 0) is 70.2 Å². The zero-order chi connectivity index (χ0) is 20.4. The lowest BCUT2D eigenvalue weighted by Crippen LogP contribution is -2.29. The third-order valence-corrected chi connectivity index (χ3v) is 5.88. The summed E-state index contributed by atoms with van der Waals surface area (Å²) in [4.78, 5) is 20.3. The van der Waals surface area contributed by atoms with Crippen molar-refractivity contribution in [2.24, 2.45) is 0 Å². The molecule has 0 aliphatic carbocycles. The van der Waals surface area contributed by atoms with Gasteiger partial charge in [-0.1, -0.05) is 20.8 Å². The largest absolute Gasteiger partial charge is 0.494 e. The molecule has 1 heterocycles. The van der Waals surface area contributed by atoms with Crippen LogP contribution in [-0.2, 0) is 0 Å². The van der Waals surface area contributed by atoms with E-state index in [0.717, 1.165) is 72.5 Å². The maximum atomic E-state index is 12.6. The molecule has 0 radical (unpaired) electrons. The fraction of sp³-hybridized carbons (Fsp3) is 0.545. The highest BCUT2D eigenvalue weighted by molar-refractivity contribution is 7.17. The molecule has 2 rings (SSSR count). The second kappa shape index (κ2) is 11.9. The summed E-state index contributed by atoms with van der Waals surface area (Å²) in [5, 5.41) is 4.16. The van der Waals surface area contributed by atoms with Gasteiger partial charge in [0.2, 0.25) is 0 Å². The van der Waals surface area contributed by atoms with Crippen LogP contribution in [0.5, 0.6) is 5.75 Å². The molecule has 1 N–H and O–H groups in total. The highest BCUT2D eigenvalue weighted by atomic mass is 32.1. The molecule has 0 spiro atoms. The Labute approximate surface area is 173 Å². The number of ether oxygens (including phenoxy) is 1. The van der Waals surface area contributed by atoms with E-state index < -0.39 is 0 Å². The summed E-state index contributed by atoms with van der Waals surface area (Å²) >= 11 is 1.47. The van der Waals surface area contributed by atoms with E-state index in [1.54, 1.807) is 0 Å². The van der Waals surface area contributed by atoms with Gasteiger partial charge < -0.3 is 15.0 Å². The number of carbonyl (C=O) groups excluding carboxylic acids is 1. The summed E-state index contributed by atoms with van der Waals surface area (Å²) in [5.74, 6) is 0.982. The topological polar surface area (TPSA) is 54.5 Å². The molecule has 0 fully saturated rings. The molecule has 1 aromatic heterocycles. The number of rotatable bonds is 13. The number of nitrogens with zero attached hydrogens (tertiary/aromatic N) is 2. The Morgan fingerprint density at radius 2 is 1.89 bits per heavy atom. The van der Waals surface area contributed by atoms with Crippen molar-refractivity contribution >= 4 is 17.1 Å². The van der Waals surface area contributed by atoms with E-state index in [0.29, 0.717) is 6.54 Å². The van der Waals surface area contributed by atoms with Crippen LogP contribution in [0.2, 0.25) is 0 Å². The first kappa shape index (κ1) is 22.5. The van der Waals surface area contributed by atoms with Gasteiger partial charge >= 0.3 is 0 Å². The second-order valence-electron chi connectivity index (χ2n) is 6.79. The predicted molar refractivity (Wildman–Crippen MR) is 118 cm³/mol. The van der Waals surface area contributed by atoms with E-state index in [1.165, 1.54) is 11.3 Å². The Kier molecular flexibility index (Phi) is 9.61. The van der Waals surface area contributed by atoms with Crippen LogP contribution in [0.25, 0.3) is 10.6 Å². The summed E-state index contributed by atoms with van der Waals surface area (Å²) < 4.78 is 5.62. The molecular formula is C22H33N3O2S. The molecule has 1 aromatic carbocycles. The van der Waals surface area contributed by atoms with E-state index in [9.17, 15) is 4.79 Å².